The third-order valence-corrected chi connectivity index (χ3v) is 7.28. The molecule has 1 aromatic carbocycles. The number of nitrogens with one attached hydrogen (secondary N) is 3. The maximum atomic E-state index is 13.3. The first-order valence-corrected chi connectivity index (χ1v) is 12.3. The number of ether oxygens (including phenoxy) is 3. The van der Waals surface area contributed by atoms with Crippen molar-refractivity contribution in [3.63, 3.8) is 0 Å². The van der Waals surface area contributed by atoms with Gasteiger partial charge in [-0.3, -0.25) is 9.78 Å². The Morgan fingerprint density at radius 2 is 2.20 bits per heavy atom. The number of amides is 1. The van der Waals surface area contributed by atoms with E-state index in [4.69, 9.17) is 25.8 Å². The maximum absolute atomic E-state index is 13.3. The van der Waals surface area contributed by atoms with E-state index in [1.807, 2.05) is 18.2 Å². The van der Waals surface area contributed by atoms with Crippen LogP contribution < -0.4 is 20.1 Å². The first kappa shape index (κ1) is 22.2. The van der Waals surface area contributed by atoms with Crippen molar-refractivity contribution in [2.45, 2.75) is 43.7 Å². The minimum Gasteiger partial charge on any atom is -0.493 e. The lowest BCUT2D eigenvalue weighted by atomic mass is 9.98. The van der Waals surface area contributed by atoms with Crippen LogP contribution in [0.1, 0.15) is 41.7 Å². The summed E-state index contributed by atoms with van der Waals surface area (Å²) in [5.41, 5.74) is 4.27. The zero-order valence-corrected chi connectivity index (χ0v) is 20.2. The van der Waals surface area contributed by atoms with Crippen molar-refractivity contribution in [2.75, 3.05) is 25.6 Å². The normalized spacial score (nSPS) is 19.8. The first-order chi connectivity index (χ1) is 17.1. The zero-order valence-electron chi connectivity index (χ0n) is 19.4. The highest BCUT2D eigenvalue weighted by atomic mass is 35.5. The van der Waals surface area contributed by atoms with Crippen molar-refractivity contribution in [2.24, 2.45) is 0 Å². The number of hydrogen-bond donors (Lipinski definition) is 3. The smallest absolute Gasteiger partial charge is 0.255 e. The lowest BCUT2D eigenvalue weighted by Crippen LogP contribution is -2.43. The number of fused-ring (bicyclic) bond motifs is 1. The van der Waals surface area contributed by atoms with Gasteiger partial charge in [-0.2, -0.15) is 0 Å². The van der Waals surface area contributed by atoms with Crippen LogP contribution in [-0.4, -0.2) is 47.8 Å². The molecule has 1 saturated heterocycles. The molecule has 1 atom stereocenters. The second kappa shape index (κ2) is 8.77. The van der Waals surface area contributed by atoms with Crippen LogP contribution in [-0.2, 0) is 11.2 Å². The van der Waals surface area contributed by atoms with Gasteiger partial charge in [-0.1, -0.05) is 17.7 Å². The molecule has 3 aliphatic rings. The molecule has 1 amide bonds. The zero-order chi connectivity index (χ0) is 24.0. The number of aromatic amines is 1. The van der Waals surface area contributed by atoms with Crippen molar-refractivity contribution in [1.82, 2.24) is 15.3 Å². The van der Waals surface area contributed by atoms with Crippen LogP contribution in [0.5, 0.6) is 11.5 Å². The standard InChI is InChI=1S/C26H27ClN4O4/c1-33-24-17(27)5-2-6-18(24)29-23-21-19(12-26(8-9-26)31-25(21)32)30-22(23)16-7-10-28-13-20(16)35-14-15-4-3-11-34-15/h2,5-7,10,13,15,29-30H,3-4,8-9,11-12,14H2,1H3,(H,31,32)/t15-/m0/s1. The van der Waals surface area contributed by atoms with E-state index in [-0.39, 0.29) is 17.6 Å². The van der Waals surface area contributed by atoms with E-state index < -0.39 is 0 Å². The number of aromatic nitrogens is 2. The fourth-order valence-electron chi connectivity index (χ4n) is 5.01. The monoisotopic (exact) mass is 494 g/mol. The molecule has 3 aromatic rings. The number of benzene rings is 1. The Morgan fingerprint density at radius 3 is 2.97 bits per heavy atom. The highest BCUT2D eigenvalue weighted by Gasteiger charge is 2.49. The van der Waals surface area contributed by atoms with Crippen LogP contribution in [0.2, 0.25) is 5.02 Å². The predicted octanol–water partition coefficient (Wildman–Crippen LogP) is 4.86. The summed E-state index contributed by atoms with van der Waals surface area (Å²) in [6.07, 6.45) is 8.27. The SMILES string of the molecule is COc1c(Cl)cccc1Nc1c(-c2ccncc2OC[C@@H]2CCCO2)[nH]c2c1C(=O)NC1(CC1)C2. The summed E-state index contributed by atoms with van der Waals surface area (Å²) >= 11 is 6.38. The van der Waals surface area contributed by atoms with Gasteiger partial charge in [-0.25, -0.2) is 0 Å². The number of nitrogens with zero attached hydrogens (tertiary/aromatic N) is 1. The quantitative estimate of drug-likeness (QED) is 0.434. The molecular weight excluding hydrogens is 468 g/mol. The van der Waals surface area contributed by atoms with Crippen molar-refractivity contribution in [1.29, 1.82) is 0 Å². The van der Waals surface area contributed by atoms with Crippen LogP contribution in [0.3, 0.4) is 0 Å². The molecule has 3 N–H and O–H groups in total. The number of methoxy groups -OCH3 is 1. The average molecular weight is 495 g/mol. The number of pyridine rings is 1. The van der Waals surface area contributed by atoms with E-state index >= 15 is 0 Å². The van der Waals surface area contributed by atoms with Gasteiger partial charge in [0.2, 0.25) is 0 Å². The van der Waals surface area contributed by atoms with Gasteiger partial charge in [0.05, 0.1) is 47.1 Å². The highest BCUT2D eigenvalue weighted by Crippen LogP contribution is 2.48. The first-order valence-electron chi connectivity index (χ1n) is 11.9. The molecule has 6 rings (SSSR count). The number of carbonyl (C=O) groups excluding carboxylic acids is 1. The summed E-state index contributed by atoms with van der Waals surface area (Å²) in [4.78, 5) is 21.1. The summed E-state index contributed by atoms with van der Waals surface area (Å²) in [5, 5.41) is 7.14. The molecule has 2 aliphatic heterocycles. The number of H-pyrrole nitrogens is 1. The third kappa shape index (κ3) is 4.10. The lowest BCUT2D eigenvalue weighted by Gasteiger charge is -2.24. The van der Waals surface area contributed by atoms with Gasteiger partial charge in [0.25, 0.3) is 5.91 Å². The molecule has 0 bridgehead atoms. The molecule has 0 radical (unpaired) electrons. The Bertz CT molecular complexity index is 1280. The van der Waals surface area contributed by atoms with Crippen LogP contribution in [0.15, 0.2) is 36.7 Å². The van der Waals surface area contributed by atoms with E-state index in [0.29, 0.717) is 40.1 Å². The van der Waals surface area contributed by atoms with Crippen LogP contribution in [0, 0.1) is 0 Å². The molecule has 1 aliphatic carbocycles. The summed E-state index contributed by atoms with van der Waals surface area (Å²) in [6, 6.07) is 7.38. The fourth-order valence-corrected chi connectivity index (χ4v) is 5.26. The number of para-hydroxylation sites is 1. The molecule has 35 heavy (non-hydrogen) atoms. The second-order valence-electron chi connectivity index (χ2n) is 9.40. The van der Waals surface area contributed by atoms with Crippen LogP contribution in [0.25, 0.3) is 11.3 Å². The number of hydrogen-bond acceptors (Lipinski definition) is 6. The highest BCUT2D eigenvalue weighted by molar-refractivity contribution is 6.32. The predicted molar refractivity (Wildman–Crippen MR) is 133 cm³/mol. The number of halogens is 1. The van der Waals surface area contributed by atoms with E-state index in [1.54, 1.807) is 25.6 Å². The molecule has 1 spiro atoms. The lowest BCUT2D eigenvalue weighted by molar-refractivity contribution is 0.0680. The van der Waals surface area contributed by atoms with Gasteiger partial charge < -0.3 is 29.8 Å². The van der Waals surface area contributed by atoms with E-state index in [0.717, 1.165) is 55.7 Å². The molecule has 2 fully saturated rings. The molecule has 8 nitrogen and oxygen atoms in total. The van der Waals surface area contributed by atoms with Crippen molar-refractivity contribution >= 4 is 28.9 Å². The maximum Gasteiger partial charge on any atom is 0.255 e. The largest absolute Gasteiger partial charge is 0.493 e. The molecule has 0 unspecified atom stereocenters. The second-order valence-corrected chi connectivity index (χ2v) is 9.81. The Balaban J connectivity index is 1.44. The van der Waals surface area contributed by atoms with Gasteiger partial charge in [0.1, 0.15) is 12.4 Å². The summed E-state index contributed by atoms with van der Waals surface area (Å²) in [6.45, 7) is 1.22. The number of anilines is 2. The summed E-state index contributed by atoms with van der Waals surface area (Å²) in [5.74, 6) is 1.05. The average Bonchev–Trinajstić information content (AvgIpc) is 3.24. The number of carbonyl (C=O) groups is 1. The van der Waals surface area contributed by atoms with Gasteiger partial charge >= 0.3 is 0 Å². The molecule has 4 heterocycles. The Hall–Kier alpha value is -3.23. The fraction of sp³-hybridized carbons (Fsp3) is 0.385. The summed E-state index contributed by atoms with van der Waals surface area (Å²) < 4.78 is 17.5. The Labute approximate surface area is 208 Å². The van der Waals surface area contributed by atoms with Gasteiger partial charge in [-0.05, 0) is 43.9 Å². The van der Waals surface area contributed by atoms with Crippen LogP contribution in [0.4, 0.5) is 11.4 Å². The molecule has 182 valence electrons. The Kier molecular flexibility index (Phi) is 5.57. The van der Waals surface area contributed by atoms with Crippen molar-refractivity contribution in [3.05, 3.63) is 52.9 Å². The van der Waals surface area contributed by atoms with Gasteiger partial charge in [-0.15, -0.1) is 0 Å². The number of rotatable bonds is 7. The topological polar surface area (TPSA) is 97.5 Å². The Morgan fingerprint density at radius 1 is 1.31 bits per heavy atom. The van der Waals surface area contributed by atoms with Crippen molar-refractivity contribution < 1.29 is 19.0 Å². The van der Waals surface area contributed by atoms with Crippen molar-refractivity contribution in [3.8, 4) is 22.8 Å². The molecular formula is C26H27ClN4O4. The minimum absolute atomic E-state index is 0.0775. The third-order valence-electron chi connectivity index (χ3n) is 6.99. The van der Waals surface area contributed by atoms with E-state index in [1.165, 1.54) is 0 Å². The van der Waals surface area contributed by atoms with Gasteiger partial charge in [0, 0.05) is 36.0 Å². The minimum atomic E-state index is -0.130. The van der Waals surface area contributed by atoms with E-state index in [9.17, 15) is 4.79 Å². The van der Waals surface area contributed by atoms with E-state index in [2.05, 4.69) is 20.6 Å². The molecule has 2 aromatic heterocycles. The molecule has 9 heteroatoms. The van der Waals surface area contributed by atoms with Gasteiger partial charge in [0.15, 0.2) is 5.75 Å². The van der Waals surface area contributed by atoms with Crippen LogP contribution >= 0.6 is 11.6 Å². The molecule has 1 saturated carbocycles. The summed E-state index contributed by atoms with van der Waals surface area (Å²) in [7, 11) is 1.57.